The van der Waals surface area contributed by atoms with E-state index in [1.54, 1.807) is 0 Å². The van der Waals surface area contributed by atoms with E-state index in [1.807, 2.05) is 24.0 Å². The molecule has 3 nitrogen and oxygen atoms in total. The third-order valence-corrected chi connectivity index (χ3v) is 3.34. The molecule has 0 unspecified atom stereocenters. The van der Waals surface area contributed by atoms with Crippen LogP contribution >= 0.6 is 0 Å². The highest BCUT2D eigenvalue weighted by atomic mass is 15.3. The van der Waals surface area contributed by atoms with E-state index in [9.17, 15) is 0 Å². The summed E-state index contributed by atoms with van der Waals surface area (Å²) in [6.07, 6.45) is 7.18. The Morgan fingerprint density at radius 2 is 2.24 bits per heavy atom. The molecule has 0 radical (unpaired) electrons. The van der Waals surface area contributed by atoms with Gasteiger partial charge in [-0.25, -0.2) is 4.68 Å². The van der Waals surface area contributed by atoms with Gasteiger partial charge in [-0.1, -0.05) is 12.1 Å². The number of hydrogen-bond donors (Lipinski definition) is 1. The second-order valence-electron chi connectivity index (χ2n) is 5.17. The van der Waals surface area contributed by atoms with Gasteiger partial charge in [0.2, 0.25) is 0 Å². The molecule has 0 saturated heterocycles. The maximum Gasteiger partial charge on any atom is 0.0648 e. The number of aromatic nitrogens is 2. The third-order valence-electron chi connectivity index (χ3n) is 3.34. The van der Waals surface area contributed by atoms with Gasteiger partial charge in [0.25, 0.3) is 0 Å². The zero-order valence-electron chi connectivity index (χ0n) is 10.1. The van der Waals surface area contributed by atoms with Crippen molar-refractivity contribution < 1.29 is 0 Å². The summed E-state index contributed by atoms with van der Waals surface area (Å²) in [7, 11) is 0. The SMILES string of the molecule is Cc1cnn(-c2cccc(CC3(N)CC3)c2)c1. The predicted molar refractivity (Wildman–Crippen MR) is 68.2 cm³/mol. The van der Waals surface area contributed by atoms with E-state index in [0.717, 1.165) is 24.9 Å². The first-order valence-electron chi connectivity index (χ1n) is 6.04. The molecule has 0 atom stereocenters. The van der Waals surface area contributed by atoms with Gasteiger partial charge in [0.15, 0.2) is 0 Å². The molecule has 3 rings (SSSR count). The molecule has 2 aromatic rings. The van der Waals surface area contributed by atoms with Crippen LogP contribution in [0.4, 0.5) is 0 Å². The molecule has 1 fully saturated rings. The Balaban J connectivity index is 1.88. The van der Waals surface area contributed by atoms with Gasteiger partial charge in [-0.15, -0.1) is 0 Å². The van der Waals surface area contributed by atoms with Crippen molar-refractivity contribution >= 4 is 0 Å². The van der Waals surface area contributed by atoms with Crippen molar-refractivity contribution in [3.63, 3.8) is 0 Å². The van der Waals surface area contributed by atoms with Crippen molar-refractivity contribution in [1.29, 1.82) is 0 Å². The number of hydrogen-bond acceptors (Lipinski definition) is 2. The molecule has 0 bridgehead atoms. The van der Waals surface area contributed by atoms with Crippen LogP contribution in [0.25, 0.3) is 5.69 Å². The van der Waals surface area contributed by atoms with E-state index in [2.05, 4.69) is 29.4 Å². The molecule has 17 heavy (non-hydrogen) atoms. The van der Waals surface area contributed by atoms with Gasteiger partial charge in [0.1, 0.15) is 0 Å². The summed E-state index contributed by atoms with van der Waals surface area (Å²) in [5, 5.41) is 4.32. The average molecular weight is 227 g/mol. The molecule has 1 heterocycles. The largest absolute Gasteiger partial charge is 0.325 e. The lowest BCUT2D eigenvalue weighted by molar-refractivity contribution is 0.671. The quantitative estimate of drug-likeness (QED) is 0.873. The molecule has 2 N–H and O–H groups in total. The lowest BCUT2D eigenvalue weighted by Gasteiger charge is -2.10. The summed E-state index contributed by atoms with van der Waals surface area (Å²) in [5.41, 5.74) is 9.80. The van der Waals surface area contributed by atoms with Crippen LogP contribution in [0, 0.1) is 6.92 Å². The van der Waals surface area contributed by atoms with Crippen molar-refractivity contribution in [3.8, 4) is 5.69 Å². The van der Waals surface area contributed by atoms with Crippen LogP contribution in [-0.4, -0.2) is 15.3 Å². The standard InChI is InChI=1S/C14H17N3/c1-11-9-16-17(10-11)13-4-2-3-12(7-13)8-14(15)5-6-14/h2-4,7,9-10H,5-6,8,15H2,1H3. The number of nitrogens with zero attached hydrogens (tertiary/aromatic N) is 2. The van der Waals surface area contributed by atoms with Crippen LogP contribution < -0.4 is 5.73 Å². The van der Waals surface area contributed by atoms with Crippen molar-refractivity contribution in [3.05, 3.63) is 47.8 Å². The first-order chi connectivity index (χ1) is 8.15. The van der Waals surface area contributed by atoms with Crippen molar-refractivity contribution in [2.45, 2.75) is 31.7 Å². The molecule has 3 heteroatoms. The van der Waals surface area contributed by atoms with Gasteiger partial charge in [0.05, 0.1) is 11.9 Å². The molecule has 88 valence electrons. The maximum atomic E-state index is 6.15. The molecule has 1 aromatic carbocycles. The molecule has 0 amide bonds. The number of aryl methyl sites for hydroxylation is 1. The fourth-order valence-electron chi connectivity index (χ4n) is 2.11. The Morgan fingerprint density at radius 1 is 1.41 bits per heavy atom. The van der Waals surface area contributed by atoms with Gasteiger partial charge in [-0.2, -0.15) is 5.10 Å². The van der Waals surface area contributed by atoms with Gasteiger partial charge in [-0.05, 0) is 49.4 Å². The highest BCUT2D eigenvalue weighted by molar-refractivity contribution is 5.36. The molecule has 1 aliphatic carbocycles. The van der Waals surface area contributed by atoms with E-state index in [4.69, 9.17) is 5.73 Å². The molecule has 1 aromatic heterocycles. The van der Waals surface area contributed by atoms with E-state index in [0.29, 0.717) is 0 Å². The van der Waals surface area contributed by atoms with Gasteiger partial charge < -0.3 is 5.73 Å². The Kier molecular flexibility index (Phi) is 2.30. The molecule has 1 aliphatic rings. The predicted octanol–water partition coefficient (Wildman–Crippen LogP) is 2.21. The molecular weight excluding hydrogens is 210 g/mol. The fraction of sp³-hybridized carbons (Fsp3) is 0.357. The Morgan fingerprint density at radius 3 is 2.88 bits per heavy atom. The van der Waals surface area contributed by atoms with Crippen LogP contribution in [0.3, 0.4) is 0 Å². The summed E-state index contributed by atoms with van der Waals surface area (Å²) in [6, 6.07) is 8.48. The topological polar surface area (TPSA) is 43.8 Å². The minimum absolute atomic E-state index is 0.0681. The lowest BCUT2D eigenvalue weighted by atomic mass is 10.0. The number of rotatable bonds is 3. The van der Waals surface area contributed by atoms with Gasteiger partial charge >= 0.3 is 0 Å². The van der Waals surface area contributed by atoms with Crippen LogP contribution in [0.1, 0.15) is 24.0 Å². The van der Waals surface area contributed by atoms with Crippen molar-refractivity contribution in [2.24, 2.45) is 5.73 Å². The first kappa shape index (κ1) is 10.5. The maximum absolute atomic E-state index is 6.15. The van der Waals surface area contributed by atoms with E-state index < -0.39 is 0 Å². The third kappa shape index (κ3) is 2.24. The second kappa shape index (κ2) is 3.70. The zero-order chi connectivity index (χ0) is 11.9. The smallest absolute Gasteiger partial charge is 0.0648 e. The zero-order valence-corrected chi connectivity index (χ0v) is 10.1. The Hall–Kier alpha value is -1.61. The molecule has 0 spiro atoms. The van der Waals surface area contributed by atoms with E-state index in [-0.39, 0.29) is 5.54 Å². The van der Waals surface area contributed by atoms with Crippen LogP contribution in [0.15, 0.2) is 36.7 Å². The van der Waals surface area contributed by atoms with E-state index in [1.165, 1.54) is 11.1 Å². The van der Waals surface area contributed by atoms with Crippen LogP contribution in [0.2, 0.25) is 0 Å². The highest BCUT2D eigenvalue weighted by Gasteiger charge is 2.37. The molecule has 1 saturated carbocycles. The van der Waals surface area contributed by atoms with Gasteiger partial charge in [0, 0.05) is 11.7 Å². The summed E-state index contributed by atoms with van der Waals surface area (Å²) in [4.78, 5) is 0. The minimum atomic E-state index is 0.0681. The van der Waals surface area contributed by atoms with Crippen LogP contribution in [0.5, 0.6) is 0 Å². The monoisotopic (exact) mass is 227 g/mol. The Labute approximate surface area is 101 Å². The van der Waals surface area contributed by atoms with Crippen molar-refractivity contribution in [1.82, 2.24) is 9.78 Å². The second-order valence-corrected chi connectivity index (χ2v) is 5.17. The van der Waals surface area contributed by atoms with E-state index >= 15 is 0 Å². The summed E-state index contributed by atoms with van der Waals surface area (Å²) < 4.78 is 1.91. The lowest BCUT2D eigenvalue weighted by Crippen LogP contribution is -2.24. The number of nitrogens with two attached hydrogens (primary N) is 1. The first-order valence-corrected chi connectivity index (χ1v) is 6.04. The molecular formula is C14H17N3. The average Bonchev–Trinajstić information content (AvgIpc) is 2.87. The highest BCUT2D eigenvalue weighted by Crippen LogP contribution is 2.35. The fourth-order valence-corrected chi connectivity index (χ4v) is 2.11. The Bertz CT molecular complexity index is 538. The van der Waals surface area contributed by atoms with Crippen LogP contribution in [-0.2, 0) is 6.42 Å². The van der Waals surface area contributed by atoms with Crippen molar-refractivity contribution in [2.75, 3.05) is 0 Å². The normalized spacial score (nSPS) is 17.1. The molecule has 0 aliphatic heterocycles. The van der Waals surface area contributed by atoms with Gasteiger partial charge in [-0.3, -0.25) is 0 Å². The summed E-state index contributed by atoms with van der Waals surface area (Å²) in [5.74, 6) is 0. The number of benzene rings is 1. The summed E-state index contributed by atoms with van der Waals surface area (Å²) in [6.45, 7) is 2.05. The summed E-state index contributed by atoms with van der Waals surface area (Å²) >= 11 is 0. The minimum Gasteiger partial charge on any atom is -0.325 e.